The fraction of sp³-hybridized carbons (Fsp3) is 0.261. The van der Waals surface area contributed by atoms with Crippen LogP contribution in [-0.4, -0.2) is 22.6 Å². The number of aromatic nitrogens is 2. The number of hydrogen-bond acceptors (Lipinski definition) is 3. The maximum Gasteiger partial charge on any atom is 0.416 e. The molecule has 0 aliphatic rings. The molecule has 3 rings (SSSR count). The average molecular weight is 448 g/mol. The first-order valence-electron chi connectivity index (χ1n) is 9.62. The molecule has 0 saturated carbocycles. The molecule has 2 aromatic carbocycles. The molecular formula is C23H21ClF3N3O. The SMILES string of the molecule is Cc1ccc(CCNC(=O)c2c(-c3cccc(C(F)(F)F)c3)nnc(Cl)c2C)c(C)c1. The lowest BCUT2D eigenvalue weighted by atomic mass is 10.00. The Hall–Kier alpha value is -2.93. The molecule has 162 valence electrons. The predicted octanol–water partition coefficient (Wildman–Crippen LogP) is 5.71. The zero-order valence-corrected chi connectivity index (χ0v) is 18.0. The van der Waals surface area contributed by atoms with Crippen LogP contribution in [0.1, 0.15) is 38.2 Å². The van der Waals surface area contributed by atoms with Crippen LogP contribution in [0.4, 0.5) is 13.2 Å². The van der Waals surface area contributed by atoms with Gasteiger partial charge in [-0.25, -0.2) is 0 Å². The number of rotatable bonds is 5. The lowest BCUT2D eigenvalue weighted by molar-refractivity contribution is -0.137. The standard InChI is InChI=1S/C23H21ClF3N3O/c1-13-7-8-16(14(2)11-13)9-10-28-22(31)19-15(3)21(24)30-29-20(19)17-5-4-6-18(12-17)23(25,26)27/h4-8,11-12H,9-10H2,1-3H3,(H,28,31). The largest absolute Gasteiger partial charge is 0.416 e. The van der Waals surface area contributed by atoms with Gasteiger partial charge in [0.1, 0.15) is 5.69 Å². The highest BCUT2D eigenvalue weighted by molar-refractivity contribution is 6.30. The van der Waals surface area contributed by atoms with Gasteiger partial charge in [-0.15, -0.1) is 10.2 Å². The Bertz CT molecular complexity index is 1130. The Morgan fingerprint density at radius 2 is 1.81 bits per heavy atom. The van der Waals surface area contributed by atoms with Crippen molar-refractivity contribution in [3.63, 3.8) is 0 Å². The maximum atomic E-state index is 13.1. The van der Waals surface area contributed by atoms with E-state index in [1.807, 2.05) is 26.0 Å². The first-order chi connectivity index (χ1) is 14.6. The summed E-state index contributed by atoms with van der Waals surface area (Å²) in [6, 6.07) is 10.7. The van der Waals surface area contributed by atoms with Crippen LogP contribution in [0.15, 0.2) is 42.5 Å². The second-order valence-corrected chi connectivity index (χ2v) is 7.71. The van der Waals surface area contributed by atoms with E-state index in [9.17, 15) is 18.0 Å². The van der Waals surface area contributed by atoms with Crippen molar-refractivity contribution in [2.24, 2.45) is 0 Å². The molecule has 0 unspecified atom stereocenters. The van der Waals surface area contributed by atoms with Crippen LogP contribution in [0.2, 0.25) is 5.15 Å². The highest BCUT2D eigenvalue weighted by Gasteiger charge is 2.31. The van der Waals surface area contributed by atoms with Crippen molar-refractivity contribution in [1.82, 2.24) is 15.5 Å². The van der Waals surface area contributed by atoms with Crippen LogP contribution in [-0.2, 0) is 12.6 Å². The summed E-state index contributed by atoms with van der Waals surface area (Å²) < 4.78 is 39.4. The Balaban J connectivity index is 1.88. The quantitative estimate of drug-likeness (QED) is 0.544. The van der Waals surface area contributed by atoms with E-state index in [-0.39, 0.29) is 22.0 Å². The van der Waals surface area contributed by atoms with Crippen LogP contribution in [0.25, 0.3) is 11.3 Å². The summed E-state index contributed by atoms with van der Waals surface area (Å²) in [7, 11) is 0. The predicted molar refractivity (Wildman–Crippen MR) is 114 cm³/mol. The number of alkyl halides is 3. The molecule has 1 aromatic heterocycles. The van der Waals surface area contributed by atoms with E-state index in [0.717, 1.165) is 28.8 Å². The smallest absolute Gasteiger partial charge is 0.352 e. The van der Waals surface area contributed by atoms with Gasteiger partial charge in [0.15, 0.2) is 5.15 Å². The van der Waals surface area contributed by atoms with Crippen LogP contribution in [0, 0.1) is 20.8 Å². The van der Waals surface area contributed by atoms with E-state index in [4.69, 9.17) is 11.6 Å². The third-order valence-corrected chi connectivity index (χ3v) is 5.39. The number of nitrogens with zero attached hydrogens (tertiary/aromatic N) is 2. The Kier molecular flexibility index (Phi) is 6.65. The molecule has 0 saturated heterocycles. The lowest BCUT2D eigenvalue weighted by Crippen LogP contribution is -2.27. The van der Waals surface area contributed by atoms with E-state index < -0.39 is 17.6 Å². The zero-order chi connectivity index (χ0) is 22.8. The molecule has 31 heavy (non-hydrogen) atoms. The maximum absolute atomic E-state index is 13.1. The number of amides is 1. The third-order valence-electron chi connectivity index (χ3n) is 5.03. The Morgan fingerprint density at radius 3 is 2.48 bits per heavy atom. The van der Waals surface area contributed by atoms with Crippen LogP contribution in [0.3, 0.4) is 0 Å². The molecule has 1 N–H and O–H groups in total. The van der Waals surface area contributed by atoms with Crippen molar-refractivity contribution >= 4 is 17.5 Å². The van der Waals surface area contributed by atoms with Gasteiger partial charge < -0.3 is 5.32 Å². The van der Waals surface area contributed by atoms with E-state index in [1.54, 1.807) is 6.92 Å². The minimum Gasteiger partial charge on any atom is -0.352 e. The van der Waals surface area contributed by atoms with Gasteiger partial charge in [0.25, 0.3) is 5.91 Å². The van der Waals surface area contributed by atoms with E-state index in [0.29, 0.717) is 18.5 Å². The number of nitrogens with one attached hydrogen (secondary N) is 1. The molecule has 8 heteroatoms. The molecule has 0 fully saturated rings. The molecule has 0 radical (unpaired) electrons. The van der Waals surface area contributed by atoms with Crippen molar-refractivity contribution in [3.05, 3.63) is 81.0 Å². The summed E-state index contributed by atoms with van der Waals surface area (Å²) in [5.74, 6) is -0.466. The van der Waals surface area contributed by atoms with E-state index >= 15 is 0 Å². The van der Waals surface area contributed by atoms with Gasteiger partial charge in [-0.1, -0.05) is 47.5 Å². The number of halogens is 4. The van der Waals surface area contributed by atoms with E-state index in [1.165, 1.54) is 12.1 Å². The summed E-state index contributed by atoms with van der Waals surface area (Å²) in [5, 5.41) is 10.6. The van der Waals surface area contributed by atoms with Crippen molar-refractivity contribution in [3.8, 4) is 11.3 Å². The molecule has 0 spiro atoms. The van der Waals surface area contributed by atoms with Gasteiger partial charge in [-0.3, -0.25) is 4.79 Å². The molecule has 0 aliphatic heterocycles. The number of carbonyl (C=O) groups excluding carboxylic acids is 1. The summed E-state index contributed by atoms with van der Waals surface area (Å²) in [6.07, 6.45) is -3.90. The number of hydrogen-bond donors (Lipinski definition) is 1. The average Bonchev–Trinajstić information content (AvgIpc) is 2.71. The summed E-state index contributed by atoms with van der Waals surface area (Å²) in [6.45, 7) is 5.96. The lowest BCUT2D eigenvalue weighted by Gasteiger charge is -2.14. The number of benzene rings is 2. The highest BCUT2D eigenvalue weighted by Crippen LogP contribution is 2.33. The van der Waals surface area contributed by atoms with Crippen LogP contribution in [0.5, 0.6) is 0 Å². The molecule has 4 nitrogen and oxygen atoms in total. The number of carbonyl (C=O) groups is 1. The van der Waals surface area contributed by atoms with Crippen molar-refractivity contribution in [1.29, 1.82) is 0 Å². The van der Waals surface area contributed by atoms with Gasteiger partial charge in [0.2, 0.25) is 0 Å². The molecule has 1 amide bonds. The molecule has 3 aromatic rings. The fourth-order valence-corrected chi connectivity index (χ4v) is 3.48. The Labute approximate surface area is 183 Å². The fourth-order valence-electron chi connectivity index (χ4n) is 3.35. The minimum absolute atomic E-state index is 0.0234. The van der Waals surface area contributed by atoms with Crippen molar-refractivity contribution in [2.75, 3.05) is 6.54 Å². The summed E-state index contributed by atoms with van der Waals surface area (Å²) >= 11 is 6.05. The Morgan fingerprint density at radius 1 is 1.06 bits per heavy atom. The minimum atomic E-state index is -4.51. The van der Waals surface area contributed by atoms with Crippen LogP contribution >= 0.6 is 11.6 Å². The molecule has 0 bridgehead atoms. The molecular weight excluding hydrogens is 427 g/mol. The van der Waals surface area contributed by atoms with Gasteiger partial charge in [-0.2, -0.15) is 13.2 Å². The van der Waals surface area contributed by atoms with Crippen LogP contribution < -0.4 is 5.32 Å². The number of aryl methyl sites for hydroxylation is 2. The molecule has 0 aliphatic carbocycles. The highest BCUT2D eigenvalue weighted by atomic mass is 35.5. The molecule has 1 heterocycles. The zero-order valence-electron chi connectivity index (χ0n) is 17.3. The van der Waals surface area contributed by atoms with Crippen molar-refractivity contribution in [2.45, 2.75) is 33.4 Å². The normalized spacial score (nSPS) is 11.5. The van der Waals surface area contributed by atoms with Crippen molar-refractivity contribution < 1.29 is 18.0 Å². The van der Waals surface area contributed by atoms with Gasteiger partial charge in [0, 0.05) is 17.7 Å². The second-order valence-electron chi connectivity index (χ2n) is 7.35. The van der Waals surface area contributed by atoms with Gasteiger partial charge >= 0.3 is 6.18 Å². The van der Waals surface area contributed by atoms with Gasteiger partial charge in [0.05, 0.1) is 11.1 Å². The van der Waals surface area contributed by atoms with Gasteiger partial charge in [-0.05, 0) is 50.5 Å². The summed E-state index contributed by atoms with van der Waals surface area (Å²) in [5.41, 5.74) is 3.21. The first-order valence-corrected chi connectivity index (χ1v) is 10.0. The summed E-state index contributed by atoms with van der Waals surface area (Å²) in [4.78, 5) is 13.0. The molecule has 0 atom stereocenters. The first kappa shape index (κ1) is 22.7. The van der Waals surface area contributed by atoms with E-state index in [2.05, 4.69) is 21.6 Å². The monoisotopic (exact) mass is 447 g/mol. The topological polar surface area (TPSA) is 54.9 Å². The third kappa shape index (κ3) is 5.22. The second kappa shape index (κ2) is 9.06.